The van der Waals surface area contributed by atoms with Gasteiger partial charge < -0.3 is 5.73 Å². The topological polar surface area (TPSA) is 46.3 Å². The average Bonchev–Trinajstić information content (AvgIpc) is 2.67. The number of carbonyl (C=O) groups is 1. The lowest BCUT2D eigenvalue weighted by Crippen LogP contribution is -2.39. The summed E-state index contributed by atoms with van der Waals surface area (Å²) in [6, 6.07) is 10.1. The smallest absolute Gasteiger partial charge is 0.234 e. The van der Waals surface area contributed by atoms with Crippen molar-refractivity contribution >= 4 is 5.91 Å². The molecule has 1 atom stereocenters. The summed E-state index contributed by atoms with van der Waals surface area (Å²) in [6.45, 7) is 1.80. The van der Waals surface area contributed by atoms with Gasteiger partial charge in [-0.15, -0.1) is 0 Å². The Morgan fingerprint density at radius 3 is 2.80 bits per heavy atom. The molecular formula is C12H16N2O. The lowest BCUT2D eigenvalue weighted by atomic mass is 10.2. The number of nitrogens with two attached hydrogens (primary N) is 1. The SMILES string of the molecule is NC(=O)C1CCCN1Cc1ccccc1. The van der Waals surface area contributed by atoms with Crippen LogP contribution in [0.2, 0.25) is 0 Å². The molecule has 1 aromatic rings. The van der Waals surface area contributed by atoms with Crippen molar-refractivity contribution in [1.29, 1.82) is 0 Å². The molecule has 0 saturated carbocycles. The molecule has 3 nitrogen and oxygen atoms in total. The maximum atomic E-state index is 11.2. The van der Waals surface area contributed by atoms with Crippen molar-refractivity contribution in [2.24, 2.45) is 5.73 Å². The number of amides is 1. The number of benzene rings is 1. The molecule has 1 aromatic carbocycles. The Bertz CT molecular complexity index is 337. The van der Waals surface area contributed by atoms with Crippen molar-refractivity contribution in [3.63, 3.8) is 0 Å². The van der Waals surface area contributed by atoms with Crippen LogP contribution in [0.15, 0.2) is 30.3 Å². The third kappa shape index (κ3) is 2.36. The molecule has 3 heteroatoms. The molecule has 2 rings (SSSR count). The number of hydrogen-bond acceptors (Lipinski definition) is 2. The molecule has 1 amide bonds. The maximum absolute atomic E-state index is 11.2. The van der Waals surface area contributed by atoms with Gasteiger partial charge in [0, 0.05) is 6.54 Å². The minimum Gasteiger partial charge on any atom is -0.368 e. The van der Waals surface area contributed by atoms with E-state index in [1.54, 1.807) is 0 Å². The van der Waals surface area contributed by atoms with Gasteiger partial charge in [-0.2, -0.15) is 0 Å². The van der Waals surface area contributed by atoms with Gasteiger partial charge in [-0.25, -0.2) is 0 Å². The number of rotatable bonds is 3. The summed E-state index contributed by atoms with van der Waals surface area (Å²) in [5, 5.41) is 0. The van der Waals surface area contributed by atoms with Crippen LogP contribution in [0.4, 0.5) is 0 Å². The lowest BCUT2D eigenvalue weighted by Gasteiger charge is -2.21. The number of nitrogens with zero attached hydrogens (tertiary/aromatic N) is 1. The molecule has 0 aromatic heterocycles. The van der Waals surface area contributed by atoms with E-state index < -0.39 is 0 Å². The summed E-state index contributed by atoms with van der Waals surface area (Å²) in [5.74, 6) is -0.191. The van der Waals surface area contributed by atoms with E-state index in [9.17, 15) is 4.79 Å². The Labute approximate surface area is 89.9 Å². The van der Waals surface area contributed by atoms with Gasteiger partial charge in [-0.05, 0) is 24.9 Å². The van der Waals surface area contributed by atoms with Gasteiger partial charge in [0.2, 0.25) is 5.91 Å². The minimum absolute atomic E-state index is 0.0646. The highest BCUT2D eigenvalue weighted by atomic mass is 16.1. The molecule has 80 valence electrons. The summed E-state index contributed by atoms with van der Waals surface area (Å²) in [5.41, 5.74) is 6.60. The molecular weight excluding hydrogens is 188 g/mol. The predicted molar refractivity (Wildman–Crippen MR) is 59.1 cm³/mol. The van der Waals surface area contributed by atoms with Crippen molar-refractivity contribution in [3.8, 4) is 0 Å². The largest absolute Gasteiger partial charge is 0.368 e. The molecule has 0 bridgehead atoms. The molecule has 1 unspecified atom stereocenters. The molecule has 0 radical (unpaired) electrons. The Balaban J connectivity index is 2.03. The van der Waals surface area contributed by atoms with E-state index in [1.165, 1.54) is 5.56 Å². The summed E-state index contributed by atoms with van der Waals surface area (Å²) in [4.78, 5) is 13.3. The third-order valence-corrected chi connectivity index (χ3v) is 2.92. The molecule has 0 aliphatic carbocycles. The van der Waals surface area contributed by atoms with Crippen LogP contribution in [-0.4, -0.2) is 23.4 Å². The monoisotopic (exact) mass is 204 g/mol. The van der Waals surface area contributed by atoms with Crippen LogP contribution in [-0.2, 0) is 11.3 Å². The molecule has 15 heavy (non-hydrogen) atoms. The van der Waals surface area contributed by atoms with Gasteiger partial charge in [0.05, 0.1) is 6.04 Å². The van der Waals surface area contributed by atoms with Crippen LogP contribution in [0.5, 0.6) is 0 Å². The Kier molecular flexibility index (Phi) is 3.02. The first-order valence-corrected chi connectivity index (χ1v) is 5.34. The summed E-state index contributed by atoms with van der Waals surface area (Å²) >= 11 is 0. The molecule has 1 heterocycles. The molecule has 1 fully saturated rings. The maximum Gasteiger partial charge on any atom is 0.234 e. The Hall–Kier alpha value is -1.35. The fourth-order valence-electron chi connectivity index (χ4n) is 2.16. The summed E-state index contributed by atoms with van der Waals surface area (Å²) in [7, 11) is 0. The minimum atomic E-state index is -0.191. The van der Waals surface area contributed by atoms with Crippen LogP contribution in [0.1, 0.15) is 18.4 Å². The Morgan fingerprint density at radius 2 is 2.13 bits per heavy atom. The van der Waals surface area contributed by atoms with Crippen molar-refractivity contribution < 1.29 is 4.79 Å². The zero-order valence-electron chi connectivity index (χ0n) is 8.73. The average molecular weight is 204 g/mol. The quantitative estimate of drug-likeness (QED) is 0.802. The van der Waals surface area contributed by atoms with E-state index in [4.69, 9.17) is 5.73 Å². The van der Waals surface area contributed by atoms with E-state index >= 15 is 0 Å². The normalized spacial score (nSPS) is 21.7. The van der Waals surface area contributed by atoms with Gasteiger partial charge in [0.1, 0.15) is 0 Å². The fraction of sp³-hybridized carbons (Fsp3) is 0.417. The number of primary amides is 1. The van der Waals surface area contributed by atoms with E-state index in [-0.39, 0.29) is 11.9 Å². The second-order valence-electron chi connectivity index (χ2n) is 4.02. The molecule has 0 spiro atoms. The van der Waals surface area contributed by atoms with Gasteiger partial charge in [-0.3, -0.25) is 9.69 Å². The first-order valence-electron chi connectivity index (χ1n) is 5.34. The van der Waals surface area contributed by atoms with Gasteiger partial charge in [-0.1, -0.05) is 30.3 Å². The van der Waals surface area contributed by atoms with Crippen LogP contribution in [0.25, 0.3) is 0 Å². The van der Waals surface area contributed by atoms with E-state index in [0.29, 0.717) is 0 Å². The predicted octanol–water partition coefficient (Wildman–Crippen LogP) is 1.14. The second kappa shape index (κ2) is 4.45. The number of hydrogen-bond donors (Lipinski definition) is 1. The summed E-state index contributed by atoms with van der Waals surface area (Å²) in [6.07, 6.45) is 1.97. The summed E-state index contributed by atoms with van der Waals surface area (Å²) < 4.78 is 0. The van der Waals surface area contributed by atoms with Crippen molar-refractivity contribution in [1.82, 2.24) is 4.90 Å². The number of carbonyl (C=O) groups excluding carboxylic acids is 1. The number of likely N-dealkylation sites (tertiary alicyclic amines) is 1. The third-order valence-electron chi connectivity index (χ3n) is 2.92. The second-order valence-corrected chi connectivity index (χ2v) is 4.02. The van der Waals surface area contributed by atoms with Crippen molar-refractivity contribution in [2.75, 3.05) is 6.54 Å². The standard InChI is InChI=1S/C12H16N2O/c13-12(15)11-7-4-8-14(11)9-10-5-2-1-3-6-10/h1-3,5-6,11H,4,7-9H2,(H2,13,15). The van der Waals surface area contributed by atoms with Crippen LogP contribution in [0.3, 0.4) is 0 Å². The highest BCUT2D eigenvalue weighted by Gasteiger charge is 2.28. The molecule has 1 saturated heterocycles. The molecule has 2 N–H and O–H groups in total. The van der Waals surface area contributed by atoms with Crippen LogP contribution < -0.4 is 5.73 Å². The van der Waals surface area contributed by atoms with E-state index in [0.717, 1.165) is 25.9 Å². The first-order chi connectivity index (χ1) is 7.27. The van der Waals surface area contributed by atoms with E-state index in [1.807, 2.05) is 18.2 Å². The highest BCUT2D eigenvalue weighted by molar-refractivity contribution is 5.80. The first kappa shape index (κ1) is 10.2. The zero-order chi connectivity index (χ0) is 10.7. The van der Waals surface area contributed by atoms with Gasteiger partial charge in [0.15, 0.2) is 0 Å². The molecule has 1 aliphatic rings. The van der Waals surface area contributed by atoms with Gasteiger partial charge >= 0.3 is 0 Å². The fourth-order valence-corrected chi connectivity index (χ4v) is 2.16. The lowest BCUT2D eigenvalue weighted by molar-refractivity contribution is -0.122. The van der Waals surface area contributed by atoms with Crippen molar-refractivity contribution in [3.05, 3.63) is 35.9 Å². The zero-order valence-corrected chi connectivity index (χ0v) is 8.73. The van der Waals surface area contributed by atoms with E-state index in [2.05, 4.69) is 17.0 Å². The van der Waals surface area contributed by atoms with Crippen LogP contribution in [0, 0.1) is 0 Å². The van der Waals surface area contributed by atoms with Crippen molar-refractivity contribution in [2.45, 2.75) is 25.4 Å². The Morgan fingerprint density at radius 1 is 1.40 bits per heavy atom. The highest BCUT2D eigenvalue weighted by Crippen LogP contribution is 2.19. The molecule has 1 aliphatic heterocycles. The van der Waals surface area contributed by atoms with Crippen LogP contribution >= 0.6 is 0 Å². The van der Waals surface area contributed by atoms with Gasteiger partial charge in [0.25, 0.3) is 0 Å².